The van der Waals surface area contributed by atoms with Gasteiger partial charge in [-0.3, -0.25) is 10.1 Å². The molecule has 0 saturated heterocycles. The molecule has 2 heterocycles. The van der Waals surface area contributed by atoms with Crippen LogP contribution in [-0.4, -0.2) is 40.3 Å². The van der Waals surface area contributed by atoms with E-state index < -0.39 is 5.91 Å². The molecular formula is C18H14FN5O3. The summed E-state index contributed by atoms with van der Waals surface area (Å²) in [5.74, 6) is 0.153. The highest BCUT2D eigenvalue weighted by atomic mass is 19.1. The topological polar surface area (TPSA) is 102 Å². The van der Waals surface area contributed by atoms with Crippen molar-refractivity contribution in [2.75, 3.05) is 19.5 Å². The number of aromatic amines is 1. The number of carbonyl (C=O) groups excluding carboxylic acids is 1. The number of aromatic nitrogens is 4. The molecule has 0 spiro atoms. The highest BCUT2D eigenvalue weighted by molar-refractivity contribution is 6.05. The standard InChI is InChI=1S/C18H14FN5O3/c1-26-13-6-3-9(7-14(13)27-2)17(25)22-18-21-16-15(23-24-18)11-8-10(19)4-5-12(11)20-16/h3-8H,1-2H3,(H2,20,21,22,24,25). The van der Waals surface area contributed by atoms with Crippen LogP contribution >= 0.6 is 0 Å². The molecule has 0 fully saturated rings. The molecule has 0 aliphatic rings. The second kappa shape index (κ2) is 6.52. The smallest absolute Gasteiger partial charge is 0.258 e. The summed E-state index contributed by atoms with van der Waals surface area (Å²) >= 11 is 0. The van der Waals surface area contributed by atoms with E-state index in [1.807, 2.05) is 0 Å². The monoisotopic (exact) mass is 367 g/mol. The molecule has 2 aromatic heterocycles. The van der Waals surface area contributed by atoms with Crippen LogP contribution in [0.4, 0.5) is 10.3 Å². The molecular weight excluding hydrogens is 353 g/mol. The van der Waals surface area contributed by atoms with E-state index in [-0.39, 0.29) is 11.8 Å². The minimum Gasteiger partial charge on any atom is -0.493 e. The lowest BCUT2D eigenvalue weighted by Gasteiger charge is -2.09. The molecule has 4 rings (SSSR count). The highest BCUT2D eigenvalue weighted by Gasteiger charge is 2.14. The van der Waals surface area contributed by atoms with Crippen LogP contribution in [0.3, 0.4) is 0 Å². The Morgan fingerprint density at radius 3 is 2.67 bits per heavy atom. The molecule has 2 aromatic carbocycles. The number of methoxy groups -OCH3 is 2. The van der Waals surface area contributed by atoms with Gasteiger partial charge in [-0.15, -0.1) is 10.2 Å². The first kappa shape index (κ1) is 16.7. The number of anilines is 1. The van der Waals surface area contributed by atoms with E-state index in [9.17, 15) is 9.18 Å². The van der Waals surface area contributed by atoms with Crippen molar-refractivity contribution < 1.29 is 18.7 Å². The van der Waals surface area contributed by atoms with Crippen molar-refractivity contribution in [3.05, 3.63) is 47.8 Å². The van der Waals surface area contributed by atoms with Crippen molar-refractivity contribution >= 4 is 33.9 Å². The summed E-state index contributed by atoms with van der Waals surface area (Å²) in [4.78, 5) is 19.7. The predicted octanol–water partition coefficient (Wildman–Crippen LogP) is 2.91. The number of ether oxygens (including phenoxy) is 2. The van der Waals surface area contributed by atoms with Gasteiger partial charge in [0, 0.05) is 16.5 Å². The van der Waals surface area contributed by atoms with Crippen LogP contribution in [0.25, 0.3) is 22.1 Å². The average molecular weight is 367 g/mol. The van der Waals surface area contributed by atoms with Crippen LogP contribution in [0.5, 0.6) is 11.5 Å². The molecule has 1 amide bonds. The largest absolute Gasteiger partial charge is 0.493 e. The Labute approximate surface area is 152 Å². The molecule has 4 aromatic rings. The number of nitrogens with one attached hydrogen (secondary N) is 2. The van der Waals surface area contributed by atoms with Gasteiger partial charge in [0.15, 0.2) is 17.1 Å². The number of benzene rings is 2. The predicted molar refractivity (Wildman–Crippen MR) is 96.6 cm³/mol. The van der Waals surface area contributed by atoms with E-state index >= 15 is 0 Å². The molecule has 0 radical (unpaired) electrons. The zero-order valence-corrected chi connectivity index (χ0v) is 14.4. The summed E-state index contributed by atoms with van der Waals surface area (Å²) in [6.07, 6.45) is 0. The maximum absolute atomic E-state index is 13.4. The van der Waals surface area contributed by atoms with Crippen molar-refractivity contribution in [1.82, 2.24) is 20.2 Å². The fourth-order valence-corrected chi connectivity index (χ4v) is 2.75. The van der Waals surface area contributed by atoms with Crippen molar-refractivity contribution in [2.24, 2.45) is 0 Å². The first-order chi connectivity index (χ1) is 13.1. The molecule has 8 nitrogen and oxygen atoms in total. The van der Waals surface area contributed by atoms with E-state index in [4.69, 9.17) is 9.47 Å². The fraction of sp³-hybridized carbons (Fsp3) is 0.111. The van der Waals surface area contributed by atoms with Gasteiger partial charge in [0.1, 0.15) is 11.3 Å². The molecule has 0 unspecified atom stereocenters. The molecule has 136 valence electrons. The van der Waals surface area contributed by atoms with Gasteiger partial charge in [0.25, 0.3) is 11.9 Å². The van der Waals surface area contributed by atoms with Crippen LogP contribution in [-0.2, 0) is 0 Å². The summed E-state index contributed by atoms with van der Waals surface area (Å²) in [5.41, 5.74) is 1.84. The number of hydrogen-bond donors (Lipinski definition) is 2. The Hall–Kier alpha value is -3.75. The zero-order valence-electron chi connectivity index (χ0n) is 14.4. The van der Waals surface area contributed by atoms with Crippen LogP contribution in [0, 0.1) is 5.82 Å². The first-order valence-corrected chi connectivity index (χ1v) is 7.94. The zero-order chi connectivity index (χ0) is 19.0. The Morgan fingerprint density at radius 2 is 1.89 bits per heavy atom. The van der Waals surface area contributed by atoms with E-state index in [2.05, 4.69) is 25.5 Å². The number of rotatable bonds is 4. The Balaban J connectivity index is 1.65. The van der Waals surface area contributed by atoms with E-state index in [1.165, 1.54) is 26.4 Å². The third-order valence-corrected chi connectivity index (χ3v) is 4.05. The SMILES string of the molecule is COc1ccc(C(=O)Nc2nnc3c(n2)[nH]c2ccc(F)cc23)cc1OC. The quantitative estimate of drug-likeness (QED) is 0.575. The van der Waals surface area contributed by atoms with E-state index in [1.54, 1.807) is 24.3 Å². The number of carbonyl (C=O) groups is 1. The second-order valence-corrected chi connectivity index (χ2v) is 5.67. The fourth-order valence-electron chi connectivity index (χ4n) is 2.75. The number of nitrogens with zero attached hydrogens (tertiary/aromatic N) is 3. The highest BCUT2D eigenvalue weighted by Crippen LogP contribution is 2.28. The Bertz CT molecular complexity index is 1170. The maximum atomic E-state index is 13.4. The third kappa shape index (κ3) is 2.99. The summed E-state index contributed by atoms with van der Waals surface area (Å²) < 4.78 is 23.8. The normalized spacial score (nSPS) is 10.9. The van der Waals surface area contributed by atoms with Crippen molar-refractivity contribution in [2.45, 2.75) is 0 Å². The molecule has 0 aliphatic heterocycles. The van der Waals surface area contributed by atoms with Gasteiger partial charge < -0.3 is 14.5 Å². The number of H-pyrrole nitrogens is 1. The van der Waals surface area contributed by atoms with Gasteiger partial charge >= 0.3 is 0 Å². The lowest BCUT2D eigenvalue weighted by atomic mass is 10.2. The van der Waals surface area contributed by atoms with Gasteiger partial charge in [0.2, 0.25) is 0 Å². The lowest BCUT2D eigenvalue weighted by Crippen LogP contribution is -2.15. The Morgan fingerprint density at radius 1 is 1.07 bits per heavy atom. The van der Waals surface area contributed by atoms with Gasteiger partial charge in [-0.25, -0.2) is 4.39 Å². The minimum absolute atomic E-state index is 0.0225. The maximum Gasteiger partial charge on any atom is 0.258 e. The molecule has 9 heteroatoms. The molecule has 0 saturated carbocycles. The van der Waals surface area contributed by atoms with Crippen LogP contribution in [0.1, 0.15) is 10.4 Å². The van der Waals surface area contributed by atoms with Gasteiger partial charge in [-0.1, -0.05) is 0 Å². The third-order valence-electron chi connectivity index (χ3n) is 4.05. The molecule has 27 heavy (non-hydrogen) atoms. The molecule has 0 aliphatic carbocycles. The second-order valence-electron chi connectivity index (χ2n) is 5.67. The van der Waals surface area contributed by atoms with Gasteiger partial charge in [0.05, 0.1) is 14.2 Å². The number of hydrogen-bond acceptors (Lipinski definition) is 6. The van der Waals surface area contributed by atoms with Crippen molar-refractivity contribution in [3.8, 4) is 11.5 Å². The number of fused-ring (bicyclic) bond motifs is 3. The Kier molecular flexibility index (Phi) is 4.03. The first-order valence-electron chi connectivity index (χ1n) is 7.94. The van der Waals surface area contributed by atoms with Gasteiger partial charge in [-0.2, -0.15) is 4.98 Å². The van der Waals surface area contributed by atoms with E-state index in [0.29, 0.717) is 39.1 Å². The molecule has 0 bridgehead atoms. The number of amides is 1. The van der Waals surface area contributed by atoms with E-state index in [0.717, 1.165) is 0 Å². The van der Waals surface area contributed by atoms with Crippen molar-refractivity contribution in [3.63, 3.8) is 0 Å². The van der Waals surface area contributed by atoms with Crippen LogP contribution < -0.4 is 14.8 Å². The van der Waals surface area contributed by atoms with Gasteiger partial charge in [-0.05, 0) is 36.4 Å². The molecule has 0 atom stereocenters. The lowest BCUT2D eigenvalue weighted by molar-refractivity contribution is 0.102. The minimum atomic E-state index is -0.431. The average Bonchev–Trinajstić information content (AvgIpc) is 3.04. The summed E-state index contributed by atoms with van der Waals surface area (Å²) in [5, 5.41) is 11.1. The molecule has 2 N–H and O–H groups in total. The summed E-state index contributed by atoms with van der Waals surface area (Å²) in [7, 11) is 3.00. The summed E-state index contributed by atoms with van der Waals surface area (Å²) in [6, 6.07) is 9.05. The summed E-state index contributed by atoms with van der Waals surface area (Å²) in [6.45, 7) is 0. The van der Waals surface area contributed by atoms with Crippen LogP contribution in [0.2, 0.25) is 0 Å². The van der Waals surface area contributed by atoms with Crippen LogP contribution in [0.15, 0.2) is 36.4 Å². The van der Waals surface area contributed by atoms with Crippen molar-refractivity contribution in [1.29, 1.82) is 0 Å². The number of halogens is 1.